The number of hydrogen-bond donors (Lipinski definition) is 0. The zero-order chi connectivity index (χ0) is 18.5. The van der Waals surface area contributed by atoms with Crippen molar-refractivity contribution in [3.63, 3.8) is 0 Å². The Balaban J connectivity index is 1.67. The molecular weight excluding hydrogens is 333 g/mol. The van der Waals surface area contributed by atoms with Gasteiger partial charge in [0.05, 0.1) is 16.5 Å². The Morgan fingerprint density at radius 2 is 2.04 bits per heavy atom. The van der Waals surface area contributed by atoms with Gasteiger partial charge in [0.15, 0.2) is 0 Å². The maximum Gasteiger partial charge on any atom is 0.254 e. The van der Waals surface area contributed by atoms with Gasteiger partial charge in [-0.1, -0.05) is 0 Å². The number of hydrogen-bond acceptors (Lipinski definition) is 3. The van der Waals surface area contributed by atoms with E-state index in [1.54, 1.807) is 28.9 Å². The van der Waals surface area contributed by atoms with E-state index in [0.717, 1.165) is 19.4 Å². The van der Waals surface area contributed by atoms with Gasteiger partial charge in [-0.2, -0.15) is 0 Å². The van der Waals surface area contributed by atoms with Crippen molar-refractivity contribution >= 4 is 22.7 Å². The van der Waals surface area contributed by atoms with Crippen LogP contribution in [0.5, 0.6) is 0 Å². The number of piperidine rings is 1. The molecule has 0 N–H and O–H groups in total. The molecule has 2 aromatic rings. The number of benzene rings is 1. The molecule has 6 heteroatoms. The Morgan fingerprint density at radius 3 is 2.85 bits per heavy atom. The van der Waals surface area contributed by atoms with Gasteiger partial charge in [-0.25, -0.2) is 4.39 Å². The highest BCUT2D eigenvalue weighted by Gasteiger charge is 2.48. The number of carbonyl (C=O) groups excluding carboxylic acids is 2. The first-order valence-corrected chi connectivity index (χ1v) is 9.01. The summed E-state index contributed by atoms with van der Waals surface area (Å²) in [4.78, 5) is 33.8. The minimum Gasteiger partial charge on any atom is -0.345 e. The number of pyridine rings is 1. The highest BCUT2D eigenvalue weighted by molar-refractivity contribution is 6.06. The van der Waals surface area contributed by atoms with E-state index in [4.69, 9.17) is 0 Å². The predicted molar refractivity (Wildman–Crippen MR) is 96.3 cm³/mol. The van der Waals surface area contributed by atoms with E-state index in [1.165, 1.54) is 12.1 Å². The van der Waals surface area contributed by atoms with Crippen LogP contribution in [-0.4, -0.2) is 53.3 Å². The molecule has 0 aliphatic carbocycles. The van der Waals surface area contributed by atoms with Crippen LogP contribution in [0.3, 0.4) is 0 Å². The molecule has 0 saturated carbocycles. The summed E-state index contributed by atoms with van der Waals surface area (Å²) in [5.41, 5.74) is 1.25. The molecule has 3 heterocycles. The van der Waals surface area contributed by atoms with E-state index >= 15 is 0 Å². The second-order valence-electron chi connectivity index (χ2n) is 7.56. The summed E-state index contributed by atoms with van der Waals surface area (Å²) in [7, 11) is 1.84. The molecule has 136 valence electrons. The zero-order valence-corrected chi connectivity index (χ0v) is 15.1. The molecule has 1 aromatic heterocycles. The van der Waals surface area contributed by atoms with Gasteiger partial charge in [-0.05, 0) is 44.4 Å². The average molecular weight is 355 g/mol. The first-order valence-electron chi connectivity index (χ1n) is 9.01. The summed E-state index contributed by atoms with van der Waals surface area (Å²) in [6, 6.07) is 6.06. The fraction of sp³-hybridized carbons (Fsp3) is 0.450. The number of carbonyl (C=O) groups is 2. The number of halogens is 1. The van der Waals surface area contributed by atoms with E-state index in [2.05, 4.69) is 4.98 Å². The molecule has 5 nitrogen and oxygen atoms in total. The van der Waals surface area contributed by atoms with Crippen LogP contribution in [0.25, 0.3) is 10.9 Å². The van der Waals surface area contributed by atoms with Crippen LogP contribution in [0, 0.1) is 18.2 Å². The molecular formula is C20H22FN3O2. The van der Waals surface area contributed by atoms with Crippen LogP contribution in [0.4, 0.5) is 4.39 Å². The molecule has 1 atom stereocenters. The van der Waals surface area contributed by atoms with Crippen molar-refractivity contribution in [3.05, 3.63) is 41.3 Å². The van der Waals surface area contributed by atoms with Gasteiger partial charge in [0.1, 0.15) is 5.82 Å². The number of aryl methyl sites for hydroxylation is 1. The average Bonchev–Trinajstić information content (AvgIpc) is 3.03. The van der Waals surface area contributed by atoms with Crippen molar-refractivity contribution in [1.82, 2.24) is 14.8 Å². The van der Waals surface area contributed by atoms with Crippen molar-refractivity contribution < 1.29 is 14.0 Å². The Hall–Kier alpha value is -2.50. The van der Waals surface area contributed by atoms with Crippen molar-refractivity contribution in [2.24, 2.45) is 5.41 Å². The summed E-state index contributed by atoms with van der Waals surface area (Å²) >= 11 is 0. The van der Waals surface area contributed by atoms with Crippen molar-refractivity contribution in [2.75, 3.05) is 26.7 Å². The lowest BCUT2D eigenvalue weighted by atomic mass is 9.78. The standard InChI is InChI=1S/C20H22FN3O2/c1-13-10-16(15-5-4-14(21)11-17(15)22-13)18(25)24-9-7-20(12-24)6-3-8-23(2)19(20)26/h4-5,10-11H,3,6-9,12H2,1-2H3/t20-/m0/s1. The second kappa shape index (κ2) is 6.04. The highest BCUT2D eigenvalue weighted by Crippen LogP contribution is 2.40. The van der Waals surface area contributed by atoms with E-state index in [-0.39, 0.29) is 17.6 Å². The first kappa shape index (κ1) is 16.9. The topological polar surface area (TPSA) is 53.5 Å². The van der Waals surface area contributed by atoms with Crippen molar-refractivity contribution in [3.8, 4) is 0 Å². The quantitative estimate of drug-likeness (QED) is 0.790. The van der Waals surface area contributed by atoms with Gasteiger partial charge in [-0.15, -0.1) is 0 Å². The molecule has 2 saturated heterocycles. The first-order chi connectivity index (χ1) is 12.4. The molecule has 2 fully saturated rings. The zero-order valence-electron chi connectivity index (χ0n) is 15.1. The van der Waals surface area contributed by atoms with Crippen molar-refractivity contribution in [1.29, 1.82) is 0 Å². The smallest absolute Gasteiger partial charge is 0.254 e. The van der Waals surface area contributed by atoms with Crippen molar-refractivity contribution in [2.45, 2.75) is 26.2 Å². The summed E-state index contributed by atoms with van der Waals surface area (Å²) in [5, 5.41) is 0.648. The SMILES string of the molecule is Cc1cc(C(=O)N2CC[C@@]3(CCCN(C)C3=O)C2)c2ccc(F)cc2n1. The molecule has 2 aliphatic rings. The second-order valence-corrected chi connectivity index (χ2v) is 7.56. The van der Waals surface area contributed by atoms with Gasteiger partial charge in [0.25, 0.3) is 5.91 Å². The number of nitrogens with zero attached hydrogens (tertiary/aromatic N) is 3. The Bertz CT molecular complexity index is 908. The Labute approximate surface area is 151 Å². The summed E-state index contributed by atoms with van der Waals surface area (Å²) in [6.07, 6.45) is 2.51. The van der Waals surface area contributed by atoms with Crippen LogP contribution in [-0.2, 0) is 4.79 Å². The van der Waals surface area contributed by atoms with Crippen LogP contribution in [0.15, 0.2) is 24.3 Å². The van der Waals surface area contributed by atoms with E-state index < -0.39 is 5.41 Å². The fourth-order valence-corrected chi connectivity index (χ4v) is 4.37. The molecule has 26 heavy (non-hydrogen) atoms. The van der Waals surface area contributed by atoms with E-state index in [1.807, 2.05) is 7.05 Å². The number of aromatic nitrogens is 1. The summed E-state index contributed by atoms with van der Waals surface area (Å²) < 4.78 is 13.5. The predicted octanol–water partition coefficient (Wildman–Crippen LogP) is 2.77. The molecule has 1 aromatic carbocycles. The van der Waals surface area contributed by atoms with Crippen LogP contribution < -0.4 is 0 Å². The minimum absolute atomic E-state index is 0.106. The molecule has 0 unspecified atom stereocenters. The van der Waals surface area contributed by atoms with Gasteiger partial charge in [-0.3, -0.25) is 14.6 Å². The van der Waals surface area contributed by atoms with E-state index in [0.29, 0.717) is 41.7 Å². The lowest BCUT2D eigenvalue weighted by Gasteiger charge is -2.37. The number of fused-ring (bicyclic) bond motifs is 1. The number of rotatable bonds is 1. The lowest BCUT2D eigenvalue weighted by Crippen LogP contribution is -2.48. The minimum atomic E-state index is -0.438. The normalized spacial score (nSPS) is 23.3. The molecule has 2 amide bonds. The molecule has 0 radical (unpaired) electrons. The fourth-order valence-electron chi connectivity index (χ4n) is 4.37. The monoisotopic (exact) mass is 355 g/mol. The highest BCUT2D eigenvalue weighted by atomic mass is 19.1. The third kappa shape index (κ3) is 2.64. The number of likely N-dealkylation sites (tertiary alicyclic amines) is 2. The van der Waals surface area contributed by atoms with Gasteiger partial charge in [0, 0.05) is 43.8 Å². The van der Waals surface area contributed by atoms with E-state index in [9.17, 15) is 14.0 Å². The summed E-state index contributed by atoms with van der Waals surface area (Å²) in [6.45, 7) is 3.61. The van der Waals surface area contributed by atoms with Gasteiger partial charge < -0.3 is 9.80 Å². The largest absolute Gasteiger partial charge is 0.345 e. The number of amides is 2. The third-order valence-corrected chi connectivity index (χ3v) is 5.72. The van der Waals surface area contributed by atoms with Gasteiger partial charge >= 0.3 is 0 Å². The Kier molecular flexibility index (Phi) is 3.93. The third-order valence-electron chi connectivity index (χ3n) is 5.72. The maximum absolute atomic E-state index is 13.5. The van der Waals surface area contributed by atoms with Crippen LogP contribution in [0.1, 0.15) is 35.3 Å². The summed E-state index contributed by atoms with van der Waals surface area (Å²) in [5.74, 6) is -0.327. The molecule has 1 spiro atoms. The molecule has 4 rings (SSSR count). The van der Waals surface area contributed by atoms with Gasteiger partial charge in [0.2, 0.25) is 5.91 Å². The maximum atomic E-state index is 13.5. The molecule has 0 bridgehead atoms. The van der Waals surface area contributed by atoms with Crippen LogP contribution in [0.2, 0.25) is 0 Å². The van der Waals surface area contributed by atoms with Crippen LogP contribution >= 0.6 is 0 Å². The Morgan fingerprint density at radius 1 is 1.23 bits per heavy atom. The lowest BCUT2D eigenvalue weighted by molar-refractivity contribution is -0.143. The molecule has 2 aliphatic heterocycles.